The standard InChI is InChI=1S/C8H15N3O4/c1-14-6(15-2)4-9-5-3-10-8(13)11-7(5)12/h5-6,9H,3-4H2,1-2H3,(H2,10,11,12,13). The lowest BCUT2D eigenvalue weighted by Crippen LogP contribution is -2.60. The van der Waals surface area contributed by atoms with Crippen molar-refractivity contribution in [2.45, 2.75) is 12.3 Å². The van der Waals surface area contributed by atoms with Crippen molar-refractivity contribution in [3.05, 3.63) is 0 Å². The number of imide groups is 1. The highest BCUT2D eigenvalue weighted by Gasteiger charge is 2.26. The summed E-state index contributed by atoms with van der Waals surface area (Å²) in [7, 11) is 3.02. The molecule has 1 saturated heterocycles. The van der Waals surface area contributed by atoms with Crippen molar-refractivity contribution in [3.8, 4) is 0 Å². The number of carbonyl (C=O) groups excluding carboxylic acids is 2. The minimum absolute atomic E-state index is 0.269. The Balaban J connectivity index is 2.32. The first-order chi connectivity index (χ1) is 7.17. The number of methoxy groups -OCH3 is 2. The maximum Gasteiger partial charge on any atom is 0.321 e. The summed E-state index contributed by atoms with van der Waals surface area (Å²) in [5, 5.41) is 7.58. The van der Waals surface area contributed by atoms with Crippen molar-refractivity contribution in [1.82, 2.24) is 16.0 Å². The summed E-state index contributed by atoms with van der Waals surface area (Å²) in [4.78, 5) is 22.0. The number of hydrogen-bond donors (Lipinski definition) is 3. The second kappa shape index (κ2) is 5.64. The normalized spacial score (nSPS) is 21.4. The number of hydrogen-bond acceptors (Lipinski definition) is 5. The molecule has 0 aromatic heterocycles. The molecule has 1 rings (SSSR count). The van der Waals surface area contributed by atoms with E-state index in [0.717, 1.165) is 0 Å². The molecule has 0 radical (unpaired) electrons. The van der Waals surface area contributed by atoms with E-state index in [4.69, 9.17) is 9.47 Å². The molecular formula is C8H15N3O4. The second-order valence-electron chi connectivity index (χ2n) is 3.06. The van der Waals surface area contributed by atoms with E-state index < -0.39 is 18.4 Å². The molecule has 1 heterocycles. The molecule has 86 valence electrons. The summed E-state index contributed by atoms with van der Waals surface area (Å²) in [5.41, 5.74) is 0. The molecule has 1 aliphatic rings. The Kier molecular flexibility index (Phi) is 4.47. The van der Waals surface area contributed by atoms with Gasteiger partial charge in [-0.2, -0.15) is 0 Å². The van der Waals surface area contributed by atoms with E-state index in [1.165, 1.54) is 14.2 Å². The molecule has 3 N–H and O–H groups in total. The molecule has 0 bridgehead atoms. The average molecular weight is 217 g/mol. The van der Waals surface area contributed by atoms with Crippen molar-refractivity contribution < 1.29 is 19.1 Å². The van der Waals surface area contributed by atoms with Crippen LogP contribution in [0.1, 0.15) is 0 Å². The third-order valence-corrected chi connectivity index (χ3v) is 2.08. The van der Waals surface area contributed by atoms with Crippen LogP contribution in [0.15, 0.2) is 0 Å². The molecule has 7 heteroatoms. The highest BCUT2D eigenvalue weighted by molar-refractivity contribution is 5.99. The number of carbonyl (C=O) groups is 2. The van der Waals surface area contributed by atoms with Gasteiger partial charge in [-0.15, -0.1) is 0 Å². The highest BCUT2D eigenvalue weighted by atomic mass is 16.7. The van der Waals surface area contributed by atoms with Gasteiger partial charge in [-0.3, -0.25) is 15.4 Å². The lowest BCUT2D eigenvalue weighted by molar-refractivity contribution is -0.124. The molecule has 7 nitrogen and oxygen atoms in total. The van der Waals surface area contributed by atoms with Gasteiger partial charge in [0.25, 0.3) is 0 Å². The summed E-state index contributed by atoms with van der Waals surface area (Å²) >= 11 is 0. The van der Waals surface area contributed by atoms with Crippen LogP contribution >= 0.6 is 0 Å². The molecule has 0 aliphatic carbocycles. The van der Waals surface area contributed by atoms with Crippen LogP contribution in [0.5, 0.6) is 0 Å². The molecule has 0 spiro atoms. The Labute approximate surface area is 87.5 Å². The van der Waals surface area contributed by atoms with E-state index in [9.17, 15) is 9.59 Å². The van der Waals surface area contributed by atoms with Crippen molar-refractivity contribution in [2.75, 3.05) is 27.3 Å². The van der Waals surface area contributed by atoms with Crippen LogP contribution in [0.2, 0.25) is 0 Å². The summed E-state index contributed by atoms with van der Waals surface area (Å²) in [6.07, 6.45) is -0.407. The zero-order valence-electron chi connectivity index (χ0n) is 8.70. The lowest BCUT2D eigenvalue weighted by atomic mass is 10.2. The predicted octanol–water partition coefficient (Wildman–Crippen LogP) is -1.60. The number of ether oxygens (including phenoxy) is 2. The fourth-order valence-corrected chi connectivity index (χ4v) is 1.20. The van der Waals surface area contributed by atoms with Crippen LogP contribution in [0.3, 0.4) is 0 Å². The Morgan fingerprint density at radius 1 is 1.47 bits per heavy atom. The van der Waals surface area contributed by atoms with Crippen LogP contribution < -0.4 is 16.0 Å². The molecule has 1 aliphatic heterocycles. The Bertz CT molecular complexity index is 242. The molecule has 0 aromatic rings. The van der Waals surface area contributed by atoms with Gasteiger partial charge in [0.15, 0.2) is 6.29 Å². The molecular weight excluding hydrogens is 202 g/mol. The fraction of sp³-hybridized carbons (Fsp3) is 0.750. The largest absolute Gasteiger partial charge is 0.355 e. The maximum atomic E-state index is 11.3. The van der Waals surface area contributed by atoms with E-state index in [0.29, 0.717) is 6.54 Å². The molecule has 15 heavy (non-hydrogen) atoms. The smallest absolute Gasteiger partial charge is 0.321 e. The lowest BCUT2D eigenvalue weighted by Gasteiger charge is -2.24. The monoisotopic (exact) mass is 217 g/mol. The maximum absolute atomic E-state index is 11.3. The fourth-order valence-electron chi connectivity index (χ4n) is 1.20. The Morgan fingerprint density at radius 3 is 2.67 bits per heavy atom. The number of amides is 3. The molecule has 3 amide bonds. The SMILES string of the molecule is COC(CNC1CNC(=O)NC1=O)OC. The van der Waals surface area contributed by atoms with Gasteiger partial charge in [-0.25, -0.2) is 4.79 Å². The second-order valence-corrected chi connectivity index (χ2v) is 3.06. The summed E-state index contributed by atoms with van der Waals surface area (Å²) < 4.78 is 9.89. The molecule has 1 fully saturated rings. The van der Waals surface area contributed by atoms with Crippen molar-refractivity contribution in [3.63, 3.8) is 0 Å². The zero-order chi connectivity index (χ0) is 11.3. The first kappa shape index (κ1) is 11.9. The van der Waals surface area contributed by atoms with E-state index in [2.05, 4.69) is 16.0 Å². The van der Waals surface area contributed by atoms with Gasteiger partial charge < -0.3 is 14.8 Å². The van der Waals surface area contributed by atoms with Gasteiger partial charge in [0.2, 0.25) is 5.91 Å². The third-order valence-electron chi connectivity index (χ3n) is 2.08. The van der Waals surface area contributed by atoms with E-state index in [1.54, 1.807) is 0 Å². The van der Waals surface area contributed by atoms with Crippen LogP contribution in [0, 0.1) is 0 Å². The summed E-state index contributed by atoms with van der Waals surface area (Å²) in [6.45, 7) is 0.645. The van der Waals surface area contributed by atoms with Gasteiger partial charge in [0.05, 0.1) is 0 Å². The minimum Gasteiger partial charge on any atom is -0.355 e. The van der Waals surface area contributed by atoms with Crippen molar-refractivity contribution in [2.24, 2.45) is 0 Å². The minimum atomic E-state index is -0.465. The van der Waals surface area contributed by atoms with Gasteiger partial charge in [-0.05, 0) is 0 Å². The summed E-state index contributed by atoms with van der Waals surface area (Å²) in [5.74, 6) is -0.343. The number of nitrogens with one attached hydrogen (secondary N) is 3. The van der Waals surface area contributed by atoms with E-state index >= 15 is 0 Å². The highest BCUT2D eigenvalue weighted by Crippen LogP contribution is 1.93. The van der Waals surface area contributed by atoms with Gasteiger partial charge in [-0.1, -0.05) is 0 Å². The van der Waals surface area contributed by atoms with E-state index in [1.807, 2.05) is 0 Å². The van der Waals surface area contributed by atoms with Crippen LogP contribution in [-0.2, 0) is 14.3 Å². The van der Waals surface area contributed by atoms with E-state index in [-0.39, 0.29) is 12.5 Å². The summed E-state index contributed by atoms with van der Waals surface area (Å²) in [6, 6.07) is -0.913. The molecule has 1 unspecified atom stereocenters. The number of urea groups is 1. The van der Waals surface area contributed by atoms with Gasteiger partial charge in [0.1, 0.15) is 6.04 Å². The Hall–Kier alpha value is -1.18. The van der Waals surface area contributed by atoms with Crippen molar-refractivity contribution >= 4 is 11.9 Å². The molecule has 0 aromatic carbocycles. The van der Waals surface area contributed by atoms with Gasteiger partial charge in [0, 0.05) is 27.3 Å². The average Bonchev–Trinajstić information content (AvgIpc) is 2.22. The predicted molar refractivity (Wildman–Crippen MR) is 51.1 cm³/mol. The molecule has 1 atom stereocenters. The van der Waals surface area contributed by atoms with Crippen LogP contribution in [0.25, 0.3) is 0 Å². The quantitative estimate of drug-likeness (QED) is 0.483. The topological polar surface area (TPSA) is 88.7 Å². The zero-order valence-corrected chi connectivity index (χ0v) is 8.70. The first-order valence-electron chi connectivity index (χ1n) is 4.55. The van der Waals surface area contributed by atoms with Crippen molar-refractivity contribution in [1.29, 1.82) is 0 Å². The molecule has 0 saturated carbocycles. The van der Waals surface area contributed by atoms with Crippen LogP contribution in [0.4, 0.5) is 4.79 Å². The van der Waals surface area contributed by atoms with Gasteiger partial charge >= 0.3 is 6.03 Å². The van der Waals surface area contributed by atoms with Crippen LogP contribution in [-0.4, -0.2) is 51.6 Å². The Morgan fingerprint density at radius 2 is 2.13 bits per heavy atom. The third kappa shape index (κ3) is 3.46. The first-order valence-corrected chi connectivity index (χ1v) is 4.55. The number of rotatable bonds is 5.